The largest absolute Gasteiger partial charge is 0.335 e. The van der Waals surface area contributed by atoms with Crippen LogP contribution in [0.1, 0.15) is 42.5 Å². The molecule has 126 valence electrons. The average molecular weight is 341 g/mol. The maximum absolute atomic E-state index is 12.9. The molecule has 1 aromatic carbocycles. The van der Waals surface area contributed by atoms with E-state index in [4.69, 9.17) is 0 Å². The van der Waals surface area contributed by atoms with E-state index in [2.05, 4.69) is 9.88 Å². The Morgan fingerprint density at radius 1 is 1.17 bits per heavy atom. The zero-order valence-electron chi connectivity index (χ0n) is 14.0. The van der Waals surface area contributed by atoms with Crippen molar-refractivity contribution in [3.05, 3.63) is 42.2 Å². The molecule has 0 bridgehead atoms. The fourth-order valence-electron chi connectivity index (χ4n) is 4.23. The molecular formula is C19H23N3OS. The lowest BCUT2D eigenvalue weighted by molar-refractivity contribution is 0.0690. The first-order chi connectivity index (χ1) is 11.8. The molecule has 1 aromatic heterocycles. The number of carbonyl (C=O) groups is 1. The van der Waals surface area contributed by atoms with Gasteiger partial charge in [0.1, 0.15) is 0 Å². The third kappa shape index (κ3) is 2.75. The van der Waals surface area contributed by atoms with Crippen molar-refractivity contribution in [1.29, 1.82) is 0 Å². The average Bonchev–Trinajstić information content (AvgIpc) is 3.28. The highest BCUT2D eigenvalue weighted by atomic mass is 32.2. The molecule has 1 amide bonds. The minimum absolute atomic E-state index is 0.201. The molecule has 5 heteroatoms. The number of nitrogens with zero attached hydrogens (tertiary/aromatic N) is 3. The minimum atomic E-state index is 0.201. The topological polar surface area (TPSA) is 38.1 Å². The SMILES string of the molecule is CSc1nccn1-c1ccc(C(=O)N2CCC3CCCCC32)cc1. The molecule has 1 saturated heterocycles. The summed E-state index contributed by atoms with van der Waals surface area (Å²) in [7, 11) is 0. The van der Waals surface area contributed by atoms with Gasteiger partial charge in [0.25, 0.3) is 5.91 Å². The van der Waals surface area contributed by atoms with E-state index in [0.29, 0.717) is 6.04 Å². The molecular weight excluding hydrogens is 318 g/mol. The number of hydrogen-bond acceptors (Lipinski definition) is 3. The Bertz CT molecular complexity index is 724. The maximum atomic E-state index is 12.9. The van der Waals surface area contributed by atoms with Crippen LogP contribution < -0.4 is 0 Å². The molecule has 2 aliphatic rings. The number of carbonyl (C=O) groups excluding carboxylic acids is 1. The Labute approximate surface area is 147 Å². The van der Waals surface area contributed by atoms with Crippen molar-refractivity contribution in [1.82, 2.24) is 14.5 Å². The summed E-state index contributed by atoms with van der Waals surface area (Å²) in [4.78, 5) is 19.4. The monoisotopic (exact) mass is 341 g/mol. The number of aromatic nitrogens is 2. The number of likely N-dealkylation sites (tertiary alicyclic amines) is 1. The Morgan fingerprint density at radius 2 is 1.96 bits per heavy atom. The Balaban J connectivity index is 1.53. The lowest BCUT2D eigenvalue weighted by Crippen LogP contribution is -2.39. The van der Waals surface area contributed by atoms with Gasteiger partial charge in [-0.2, -0.15) is 0 Å². The van der Waals surface area contributed by atoms with Gasteiger partial charge in [-0.15, -0.1) is 0 Å². The van der Waals surface area contributed by atoms with Gasteiger partial charge in [-0.1, -0.05) is 24.6 Å². The molecule has 1 aliphatic heterocycles. The molecule has 4 nitrogen and oxygen atoms in total. The van der Waals surface area contributed by atoms with Crippen LogP contribution in [0, 0.1) is 5.92 Å². The number of fused-ring (bicyclic) bond motifs is 1. The summed E-state index contributed by atoms with van der Waals surface area (Å²) >= 11 is 1.62. The van der Waals surface area contributed by atoms with Crippen molar-refractivity contribution in [2.45, 2.75) is 43.3 Å². The summed E-state index contributed by atoms with van der Waals surface area (Å²) in [5.74, 6) is 0.934. The second kappa shape index (κ2) is 6.63. The second-order valence-electron chi connectivity index (χ2n) is 6.73. The molecule has 2 unspecified atom stereocenters. The van der Waals surface area contributed by atoms with Crippen LogP contribution in [0.15, 0.2) is 41.8 Å². The Hall–Kier alpha value is -1.75. The summed E-state index contributed by atoms with van der Waals surface area (Å²) in [6, 6.07) is 8.42. The van der Waals surface area contributed by atoms with Gasteiger partial charge >= 0.3 is 0 Å². The van der Waals surface area contributed by atoms with E-state index in [1.165, 1.54) is 32.1 Å². The van der Waals surface area contributed by atoms with E-state index < -0.39 is 0 Å². The smallest absolute Gasteiger partial charge is 0.254 e. The highest BCUT2D eigenvalue weighted by molar-refractivity contribution is 7.98. The van der Waals surface area contributed by atoms with E-state index in [1.807, 2.05) is 41.3 Å². The Kier molecular flexibility index (Phi) is 4.35. The van der Waals surface area contributed by atoms with Gasteiger partial charge in [-0.25, -0.2) is 4.98 Å². The standard InChI is InChI=1S/C19H23N3OS/c1-24-19-20-11-13-21(19)16-8-6-15(7-9-16)18(23)22-12-10-14-4-2-3-5-17(14)22/h6-9,11,13-14,17H,2-5,10,12H2,1H3. The number of amides is 1. The molecule has 1 aliphatic carbocycles. The van der Waals surface area contributed by atoms with Crippen LogP contribution in [0.4, 0.5) is 0 Å². The number of thioether (sulfide) groups is 1. The van der Waals surface area contributed by atoms with Crippen molar-refractivity contribution in [2.75, 3.05) is 12.8 Å². The molecule has 1 saturated carbocycles. The first-order valence-electron chi connectivity index (χ1n) is 8.76. The van der Waals surface area contributed by atoms with Crippen LogP contribution in [0.25, 0.3) is 5.69 Å². The van der Waals surface area contributed by atoms with Gasteiger partial charge < -0.3 is 4.90 Å². The predicted octanol–water partition coefficient (Wildman–Crippen LogP) is 4.00. The van der Waals surface area contributed by atoms with Crippen LogP contribution in [0.5, 0.6) is 0 Å². The molecule has 2 atom stereocenters. The van der Waals surface area contributed by atoms with E-state index in [-0.39, 0.29) is 5.91 Å². The molecule has 4 rings (SSSR count). The fraction of sp³-hybridized carbons (Fsp3) is 0.474. The van der Waals surface area contributed by atoms with Crippen molar-refractivity contribution < 1.29 is 4.79 Å². The Morgan fingerprint density at radius 3 is 2.75 bits per heavy atom. The molecule has 0 N–H and O–H groups in total. The number of benzene rings is 1. The summed E-state index contributed by atoms with van der Waals surface area (Å²) in [6.45, 7) is 0.925. The van der Waals surface area contributed by atoms with Gasteiger partial charge in [0.2, 0.25) is 0 Å². The zero-order valence-corrected chi connectivity index (χ0v) is 14.8. The van der Waals surface area contributed by atoms with Gasteiger partial charge in [0.05, 0.1) is 0 Å². The zero-order chi connectivity index (χ0) is 16.5. The molecule has 2 aromatic rings. The van der Waals surface area contributed by atoms with Crippen molar-refractivity contribution >= 4 is 17.7 Å². The van der Waals surface area contributed by atoms with Gasteiger partial charge in [0.15, 0.2) is 5.16 Å². The summed E-state index contributed by atoms with van der Waals surface area (Å²) in [5, 5.41) is 0.957. The van der Waals surface area contributed by atoms with Gasteiger partial charge in [-0.05, 0) is 55.7 Å². The lowest BCUT2D eigenvalue weighted by Gasteiger charge is -2.31. The summed E-state index contributed by atoms with van der Waals surface area (Å²) in [5.41, 5.74) is 1.85. The van der Waals surface area contributed by atoms with E-state index >= 15 is 0 Å². The highest BCUT2D eigenvalue weighted by Gasteiger charge is 2.38. The van der Waals surface area contributed by atoms with Gasteiger partial charge in [-0.3, -0.25) is 9.36 Å². The molecule has 2 heterocycles. The first-order valence-corrected chi connectivity index (χ1v) is 9.99. The molecule has 0 radical (unpaired) electrons. The van der Waals surface area contributed by atoms with Crippen LogP contribution in [0.2, 0.25) is 0 Å². The summed E-state index contributed by atoms with van der Waals surface area (Å²) in [6.07, 6.45) is 12.0. The third-order valence-electron chi connectivity index (χ3n) is 5.45. The van der Waals surface area contributed by atoms with Crippen molar-refractivity contribution in [3.8, 4) is 5.69 Å². The number of hydrogen-bond donors (Lipinski definition) is 0. The predicted molar refractivity (Wildman–Crippen MR) is 96.7 cm³/mol. The van der Waals surface area contributed by atoms with Crippen LogP contribution in [0.3, 0.4) is 0 Å². The van der Waals surface area contributed by atoms with Crippen LogP contribution in [-0.4, -0.2) is 39.2 Å². The van der Waals surface area contributed by atoms with E-state index in [1.54, 1.807) is 18.0 Å². The van der Waals surface area contributed by atoms with Crippen LogP contribution >= 0.6 is 11.8 Å². The molecule has 24 heavy (non-hydrogen) atoms. The minimum Gasteiger partial charge on any atom is -0.335 e. The maximum Gasteiger partial charge on any atom is 0.254 e. The molecule has 2 fully saturated rings. The van der Waals surface area contributed by atoms with Crippen LogP contribution in [-0.2, 0) is 0 Å². The van der Waals surface area contributed by atoms with E-state index in [0.717, 1.165) is 28.9 Å². The van der Waals surface area contributed by atoms with Crippen molar-refractivity contribution in [3.63, 3.8) is 0 Å². The molecule has 0 spiro atoms. The third-order valence-corrected chi connectivity index (χ3v) is 6.12. The number of imidazole rings is 1. The lowest BCUT2D eigenvalue weighted by atomic mass is 9.85. The highest BCUT2D eigenvalue weighted by Crippen LogP contribution is 2.36. The van der Waals surface area contributed by atoms with Crippen molar-refractivity contribution in [2.24, 2.45) is 5.92 Å². The van der Waals surface area contributed by atoms with Gasteiger partial charge in [0, 0.05) is 36.2 Å². The fourth-order valence-corrected chi connectivity index (χ4v) is 4.75. The van der Waals surface area contributed by atoms with E-state index in [9.17, 15) is 4.79 Å². The quantitative estimate of drug-likeness (QED) is 0.792. The second-order valence-corrected chi connectivity index (χ2v) is 7.50. The number of rotatable bonds is 3. The summed E-state index contributed by atoms with van der Waals surface area (Å²) < 4.78 is 2.05. The first kappa shape index (κ1) is 15.8. The normalized spacial score (nSPS) is 23.3.